The number of ether oxygens (including phenoxy) is 2. The SMILES string of the molecule is COC1CCCC(OC(=O)c2cccc(N)c2Br)C1. The fraction of sp³-hybridized carbons (Fsp3) is 0.500. The van der Waals surface area contributed by atoms with Gasteiger partial charge in [-0.15, -0.1) is 0 Å². The van der Waals surface area contributed by atoms with Crippen LogP contribution in [-0.4, -0.2) is 25.3 Å². The van der Waals surface area contributed by atoms with E-state index in [0.29, 0.717) is 15.7 Å². The van der Waals surface area contributed by atoms with E-state index in [2.05, 4.69) is 15.9 Å². The molecular formula is C14H18BrNO3. The second-order valence-corrected chi connectivity index (χ2v) is 5.55. The molecule has 2 atom stereocenters. The molecule has 104 valence electrons. The average Bonchev–Trinajstić information content (AvgIpc) is 2.42. The van der Waals surface area contributed by atoms with Crippen LogP contribution in [0.15, 0.2) is 22.7 Å². The Kier molecular flexibility index (Phi) is 4.82. The molecule has 0 bridgehead atoms. The molecule has 19 heavy (non-hydrogen) atoms. The van der Waals surface area contributed by atoms with Crippen molar-refractivity contribution in [1.82, 2.24) is 0 Å². The number of rotatable bonds is 3. The molecule has 2 rings (SSSR count). The summed E-state index contributed by atoms with van der Waals surface area (Å²) in [6.45, 7) is 0. The van der Waals surface area contributed by atoms with E-state index in [4.69, 9.17) is 15.2 Å². The quantitative estimate of drug-likeness (QED) is 0.684. The van der Waals surface area contributed by atoms with E-state index in [0.717, 1.165) is 25.7 Å². The number of hydrogen-bond donors (Lipinski definition) is 1. The van der Waals surface area contributed by atoms with Gasteiger partial charge in [0.15, 0.2) is 0 Å². The van der Waals surface area contributed by atoms with E-state index >= 15 is 0 Å². The van der Waals surface area contributed by atoms with Crippen molar-refractivity contribution in [2.24, 2.45) is 0 Å². The lowest BCUT2D eigenvalue weighted by atomic mass is 9.95. The minimum atomic E-state index is -0.332. The summed E-state index contributed by atoms with van der Waals surface area (Å²) in [5.74, 6) is -0.332. The Morgan fingerprint density at radius 3 is 2.84 bits per heavy atom. The predicted molar refractivity (Wildman–Crippen MR) is 77.0 cm³/mol. The first-order chi connectivity index (χ1) is 9.11. The lowest BCUT2D eigenvalue weighted by Crippen LogP contribution is -2.29. The maximum atomic E-state index is 12.1. The van der Waals surface area contributed by atoms with Crippen LogP contribution in [-0.2, 0) is 9.47 Å². The Morgan fingerprint density at radius 2 is 2.11 bits per heavy atom. The molecule has 0 radical (unpaired) electrons. The van der Waals surface area contributed by atoms with Crippen molar-refractivity contribution < 1.29 is 14.3 Å². The summed E-state index contributed by atoms with van der Waals surface area (Å²) in [7, 11) is 1.70. The molecule has 0 amide bonds. The van der Waals surface area contributed by atoms with Gasteiger partial charge in [0.05, 0.1) is 16.1 Å². The average molecular weight is 328 g/mol. The topological polar surface area (TPSA) is 61.5 Å². The molecule has 0 aromatic heterocycles. The number of hydrogen-bond acceptors (Lipinski definition) is 4. The molecule has 1 saturated carbocycles. The van der Waals surface area contributed by atoms with Crippen LogP contribution in [0.25, 0.3) is 0 Å². The van der Waals surface area contributed by atoms with E-state index in [-0.39, 0.29) is 18.2 Å². The van der Waals surface area contributed by atoms with Crippen LogP contribution < -0.4 is 5.73 Å². The Labute approximate surface area is 121 Å². The number of nitrogen functional groups attached to an aromatic ring is 1. The maximum Gasteiger partial charge on any atom is 0.339 e. The van der Waals surface area contributed by atoms with Crippen LogP contribution >= 0.6 is 15.9 Å². The summed E-state index contributed by atoms with van der Waals surface area (Å²) in [6, 6.07) is 5.19. The number of methoxy groups -OCH3 is 1. The van der Waals surface area contributed by atoms with Crippen LogP contribution in [0.2, 0.25) is 0 Å². The largest absolute Gasteiger partial charge is 0.459 e. The molecule has 1 aliphatic rings. The van der Waals surface area contributed by atoms with Crippen molar-refractivity contribution in [2.45, 2.75) is 37.9 Å². The van der Waals surface area contributed by atoms with Crippen molar-refractivity contribution in [3.05, 3.63) is 28.2 Å². The molecule has 1 aromatic carbocycles. The Bertz CT molecular complexity index is 464. The Hall–Kier alpha value is -1.07. The van der Waals surface area contributed by atoms with Crippen LogP contribution in [0.5, 0.6) is 0 Å². The molecule has 1 fully saturated rings. The first-order valence-electron chi connectivity index (χ1n) is 6.39. The van der Waals surface area contributed by atoms with Crippen molar-refractivity contribution in [3.63, 3.8) is 0 Å². The van der Waals surface area contributed by atoms with Gasteiger partial charge in [0.1, 0.15) is 6.10 Å². The number of esters is 1. The van der Waals surface area contributed by atoms with E-state index in [1.54, 1.807) is 25.3 Å². The lowest BCUT2D eigenvalue weighted by molar-refractivity contribution is -0.0149. The van der Waals surface area contributed by atoms with Gasteiger partial charge < -0.3 is 15.2 Å². The molecular weight excluding hydrogens is 310 g/mol. The molecule has 2 unspecified atom stereocenters. The van der Waals surface area contributed by atoms with Crippen LogP contribution in [0.1, 0.15) is 36.0 Å². The minimum Gasteiger partial charge on any atom is -0.459 e. The summed E-state index contributed by atoms with van der Waals surface area (Å²) in [4.78, 5) is 12.1. The zero-order chi connectivity index (χ0) is 13.8. The van der Waals surface area contributed by atoms with Crippen LogP contribution in [0.4, 0.5) is 5.69 Å². The second-order valence-electron chi connectivity index (χ2n) is 4.76. The highest BCUT2D eigenvalue weighted by molar-refractivity contribution is 9.10. The third-order valence-corrected chi connectivity index (χ3v) is 4.32. The van der Waals surface area contributed by atoms with Gasteiger partial charge >= 0.3 is 5.97 Å². The van der Waals surface area contributed by atoms with E-state index in [9.17, 15) is 4.79 Å². The number of carbonyl (C=O) groups excluding carboxylic acids is 1. The van der Waals surface area contributed by atoms with Crippen molar-refractivity contribution in [2.75, 3.05) is 12.8 Å². The molecule has 1 aliphatic carbocycles. The van der Waals surface area contributed by atoms with Gasteiger partial charge in [-0.2, -0.15) is 0 Å². The summed E-state index contributed by atoms with van der Waals surface area (Å²) < 4.78 is 11.5. The molecule has 0 spiro atoms. The van der Waals surface area contributed by atoms with E-state index in [1.807, 2.05) is 0 Å². The summed E-state index contributed by atoms with van der Waals surface area (Å²) in [5, 5.41) is 0. The number of halogens is 1. The van der Waals surface area contributed by atoms with E-state index < -0.39 is 0 Å². The highest BCUT2D eigenvalue weighted by Crippen LogP contribution is 2.27. The maximum absolute atomic E-state index is 12.1. The van der Waals surface area contributed by atoms with Gasteiger partial charge in [0.25, 0.3) is 0 Å². The number of benzene rings is 1. The first kappa shape index (κ1) is 14.3. The fourth-order valence-corrected chi connectivity index (χ4v) is 2.77. The highest BCUT2D eigenvalue weighted by Gasteiger charge is 2.25. The fourth-order valence-electron chi connectivity index (χ4n) is 2.35. The van der Waals surface area contributed by atoms with Crippen molar-refractivity contribution in [1.29, 1.82) is 0 Å². The third-order valence-electron chi connectivity index (χ3n) is 3.43. The van der Waals surface area contributed by atoms with Crippen molar-refractivity contribution in [3.8, 4) is 0 Å². The number of carbonyl (C=O) groups is 1. The second kappa shape index (κ2) is 6.39. The lowest BCUT2D eigenvalue weighted by Gasteiger charge is -2.28. The van der Waals surface area contributed by atoms with Gasteiger partial charge in [0.2, 0.25) is 0 Å². The highest BCUT2D eigenvalue weighted by atomic mass is 79.9. The van der Waals surface area contributed by atoms with Gasteiger partial charge in [-0.05, 0) is 47.3 Å². The Morgan fingerprint density at radius 1 is 1.37 bits per heavy atom. The summed E-state index contributed by atoms with van der Waals surface area (Å²) >= 11 is 3.32. The molecule has 1 aromatic rings. The smallest absolute Gasteiger partial charge is 0.339 e. The van der Waals surface area contributed by atoms with E-state index in [1.165, 1.54) is 0 Å². The zero-order valence-corrected chi connectivity index (χ0v) is 12.5. The standard InChI is InChI=1S/C14H18BrNO3/c1-18-9-4-2-5-10(8-9)19-14(17)11-6-3-7-12(16)13(11)15/h3,6-7,9-10H,2,4-5,8,16H2,1H3. The molecule has 0 saturated heterocycles. The molecule has 4 nitrogen and oxygen atoms in total. The normalized spacial score (nSPS) is 23.1. The van der Waals surface area contributed by atoms with Crippen molar-refractivity contribution >= 4 is 27.6 Å². The number of anilines is 1. The molecule has 2 N–H and O–H groups in total. The van der Waals surface area contributed by atoms with Gasteiger partial charge in [-0.25, -0.2) is 4.79 Å². The molecule has 5 heteroatoms. The minimum absolute atomic E-state index is 0.0699. The van der Waals surface area contributed by atoms with Gasteiger partial charge in [-0.3, -0.25) is 0 Å². The summed E-state index contributed by atoms with van der Waals surface area (Å²) in [6.07, 6.45) is 3.84. The summed E-state index contributed by atoms with van der Waals surface area (Å²) in [5.41, 5.74) is 6.77. The van der Waals surface area contributed by atoms with Crippen LogP contribution in [0.3, 0.4) is 0 Å². The third kappa shape index (κ3) is 3.48. The Balaban J connectivity index is 2.02. The monoisotopic (exact) mass is 327 g/mol. The number of nitrogens with two attached hydrogens (primary N) is 1. The molecule has 0 aliphatic heterocycles. The van der Waals surface area contributed by atoms with Crippen LogP contribution in [0, 0.1) is 0 Å². The first-order valence-corrected chi connectivity index (χ1v) is 7.19. The zero-order valence-electron chi connectivity index (χ0n) is 10.9. The van der Waals surface area contributed by atoms with Gasteiger partial charge in [0, 0.05) is 19.2 Å². The van der Waals surface area contributed by atoms with Gasteiger partial charge in [-0.1, -0.05) is 6.07 Å². The predicted octanol–water partition coefficient (Wildman–Crippen LogP) is 3.15. The molecule has 0 heterocycles.